The summed E-state index contributed by atoms with van der Waals surface area (Å²) in [6, 6.07) is 0. The Balaban J connectivity index is 1.87. The van der Waals surface area contributed by atoms with Crippen molar-refractivity contribution in [1.82, 2.24) is 14.9 Å². The van der Waals surface area contributed by atoms with Gasteiger partial charge in [-0.25, -0.2) is 4.98 Å². The van der Waals surface area contributed by atoms with Gasteiger partial charge in [0, 0.05) is 31.5 Å². The fraction of sp³-hybridized carbons (Fsp3) is 0.538. The van der Waals surface area contributed by atoms with Crippen molar-refractivity contribution in [3.05, 3.63) is 22.1 Å². The van der Waals surface area contributed by atoms with Gasteiger partial charge in [-0.05, 0) is 13.3 Å². The number of ether oxygens (including phenoxy) is 1. The second kappa shape index (κ2) is 7.26. The Morgan fingerprint density at radius 3 is 3.10 bits per heavy atom. The van der Waals surface area contributed by atoms with E-state index in [0.717, 1.165) is 5.75 Å². The first-order valence-corrected chi connectivity index (χ1v) is 7.78. The number of fused-ring (bicyclic) bond motifs is 1. The molecule has 0 saturated heterocycles. The van der Waals surface area contributed by atoms with Gasteiger partial charge in [0.2, 0.25) is 0 Å². The number of aromatic nitrogens is 2. The van der Waals surface area contributed by atoms with Crippen LogP contribution in [-0.4, -0.2) is 40.3 Å². The molecule has 0 unspecified atom stereocenters. The molecule has 1 aromatic heterocycles. The molecule has 21 heavy (non-hydrogen) atoms. The van der Waals surface area contributed by atoms with Crippen molar-refractivity contribution >= 4 is 23.6 Å². The summed E-state index contributed by atoms with van der Waals surface area (Å²) in [5.41, 5.74) is -0.273. The highest BCUT2D eigenvalue weighted by Crippen LogP contribution is 2.20. The van der Waals surface area contributed by atoms with Gasteiger partial charge in [-0.2, -0.15) is 0 Å². The maximum Gasteiger partial charge on any atom is 0.305 e. The number of amides is 1. The molecule has 0 atom stereocenters. The smallest absolute Gasteiger partial charge is 0.305 e. The monoisotopic (exact) mass is 311 g/mol. The standard InChI is InChI=1S/C13H17N3O4S/c1-2-20-10(17)4-3-5-14-11(18)9-8-15-13-16(12(9)19)6-7-21-13/h8H,2-7H2,1H3,(H,14,18). The number of nitrogens with one attached hydrogen (secondary N) is 1. The zero-order chi connectivity index (χ0) is 15.2. The van der Waals surface area contributed by atoms with E-state index in [1.54, 1.807) is 6.92 Å². The fourth-order valence-electron chi connectivity index (χ4n) is 1.94. The summed E-state index contributed by atoms with van der Waals surface area (Å²) in [6.07, 6.45) is 2.03. The van der Waals surface area contributed by atoms with Crippen molar-refractivity contribution in [2.45, 2.75) is 31.5 Å². The molecule has 0 aromatic carbocycles. The van der Waals surface area contributed by atoms with Crippen LogP contribution in [0.5, 0.6) is 0 Å². The molecule has 0 radical (unpaired) electrons. The molecule has 7 nitrogen and oxygen atoms in total. The van der Waals surface area contributed by atoms with Gasteiger partial charge in [-0.3, -0.25) is 19.0 Å². The van der Waals surface area contributed by atoms with Crippen molar-refractivity contribution in [3.63, 3.8) is 0 Å². The summed E-state index contributed by atoms with van der Waals surface area (Å²) in [7, 11) is 0. The predicted molar refractivity (Wildman–Crippen MR) is 77.4 cm³/mol. The zero-order valence-corrected chi connectivity index (χ0v) is 12.6. The van der Waals surface area contributed by atoms with E-state index < -0.39 is 5.91 Å². The Kier molecular flexibility index (Phi) is 5.38. The van der Waals surface area contributed by atoms with E-state index in [4.69, 9.17) is 4.74 Å². The average molecular weight is 311 g/mol. The second-order valence-corrected chi connectivity index (χ2v) is 5.49. The summed E-state index contributed by atoms with van der Waals surface area (Å²) >= 11 is 1.50. The van der Waals surface area contributed by atoms with Crippen molar-refractivity contribution in [2.75, 3.05) is 18.9 Å². The minimum atomic E-state index is -0.455. The molecular weight excluding hydrogens is 294 g/mol. The summed E-state index contributed by atoms with van der Waals surface area (Å²) < 4.78 is 6.30. The normalized spacial score (nSPS) is 12.8. The van der Waals surface area contributed by atoms with Crippen LogP contribution in [0.25, 0.3) is 0 Å². The molecule has 2 heterocycles. The third-order valence-electron chi connectivity index (χ3n) is 2.95. The minimum absolute atomic E-state index is 0.0392. The second-order valence-electron chi connectivity index (χ2n) is 4.42. The van der Waals surface area contributed by atoms with Gasteiger partial charge in [0.1, 0.15) is 5.56 Å². The Morgan fingerprint density at radius 1 is 1.52 bits per heavy atom. The van der Waals surface area contributed by atoms with Gasteiger partial charge >= 0.3 is 5.97 Å². The van der Waals surface area contributed by atoms with Crippen molar-refractivity contribution in [1.29, 1.82) is 0 Å². The van der Waals surface area contributed by atoms with Gasteiger partial charge in [-0.1, -0.05) is 11.8 Å². The lowest BCUT2D eigenvalue weighted by atomic mass is 10.2. The summed E-state index contributed by atoms with van der Waals surface area (Å²) in [5.74, 6) is 0.0546. The van der Waals surface area contributed by atoms with Gasteiger partial charge in [0.05, 0.1) is 6.61 Å². The first kappa shape index (κ1) is 15.6. The molecule has 1 aliphatic rings. The van der Waals surface area contributed by atoms with Gasteiger partial charge in [0.25, 0.3) is 11.5 Å². The number of thioether (sulfide) groups is 1. The molecule has 0 fully saturated rings. The van der Waals surface area contributed by atoms with Crippen LogP contribution in [-0.2, 0) is 16.1 Å². The Bertz CT molecular complexity index is 600. The van der Waals surface area contributed by atoms with E-state index in [2.05, 4.69) is 10.3 Å². The number of esters is 1. The van der Waals surface area contributed by atoms with E-state index in [0.29, 0.717) is 31.3 Å². The number of hydrogen-bond donors (Lipinski definition) is 1. The molecule has 0 saturated carbocycles. The Labute approximate surface area is 126 Å². The van der Waals surface area contributed by atoms with Crippen LogP contribution in [0.4, 0.5) is 0 Å². The average Bonchev–Trinajstić information content (AvgIpc) is 2.93. The number of carbonyl (C=O) groups excluding carboxylic acids is 2. The van der Waals surface area contributed by atoms with Crippen LogP contribution < -0.4 is 10.9 Å². The molecule has 1 aliphatic heterocycles. The summed E-state index contributed by atoms with van der Waals surface area (Å²) in [6.45, 7) is 2.98. The maximum atomic E-state index is 12.1. The predicted octanol–water partition coefficient (Wildman–Crippen LogP) is 0.422. The van der Waals surface area contributed by atoms with Crippen LogP contribution in [0.2, 0.25) is 0 Å². The number of rotatable bonds is 6. The minimum Gasteiger partial charge on any atom is -0.466 e. The van der Waals surface area contributed by atoms with Crippen molar-refractivity contribution in [3.8, 4) is 0 Å². The first-order valence-electron chi connectivity index (χ1n) is 6.80. The molecule has 0 spiro atoms. The first-order chi connectivity index (χ1) is 10.1. The quantitative estimate of drug-likeness (QED) is 0.465. The molecule has 0 bridgehead atoms. The topological polar surface area (TPSA) is 90.3 Å². The molecule has 1 aromatic rings. The molecule has 8 heteroatoms. The number of hydrogen-bond acceptors (Lipinski definition) is 6. The van der Waals surface area contributed by atoms with Crippen LogP contribution >= 0.6 is 11.8 Å². The highest BCUT2D eigenvalue weighted by Gasteiger charge is 2.19. The highest BCUT2D eigenvalue weighted by atomic mass is 32.2. The SMILES string of the molecule is CCOC(=O)CCCNC(=O)c1cnc2n(c1=O)CCS2. The Morgan fingerprint density at radius 2 is 2.33 bits per heavy atom. The molecular formula is C13H17N3O4S. The third kappa shape index (κ3) is 3.84. The third-order valence-corrected chi connectivity index (χ3v) is 3.92. The molecule has 0 aliphatic carbocycles. The largest absolute Gasteiger partial charge is 0.466 e. The van der Waals surface area contributed by atoms with E-state index >= 15 is 0 Å². The fourth-order valence-corrected chi connectivity index (χ4v) is 2.85. The molecule has 114 valence electrons. The van der Waals surface area contributed by atoms with Crippen LogP contribution in [0.1, 0.15) is 30.1 Å². The van der Waals surface area contributed by atoms with Gasteiger partial charge in [-0.15, -0.1) is 0 Å². The lowest BCUT2D eigenvalue weighted by Gasteiger charge is -2.06. The lowest BCUT2D eigenvalue weighted by molar-refractivity contribution is -0.143. The Hall–Kier alpha value is -1.83. The van der Waals surface area contributed by atoms with Crippen molar-refractivity contribution in [2.24, 2.45) is 0 Å². The zero-order valence-electron chi connectivity index (χ0n) is 11.8. The van der Waals surface area contributed by atoms with Crippen LogP contribution in [0.3, 0.4) is 0 Å². The van der Waals surface area contributed by atoms with Gasteiger partial charge in [0.15, 0.2) is 5.16 Å². The summed E-state index contributed by atoms with van der Waals surface area (Å²) in [4.78, 5) is 39.3. The van der Waals surface area contributed by atoms with E-state index in [1.807, 2.05) is 0 Å². The van der Waals surface area contributed by atoms with Crippen LogP contribution in [0.15, 0.2) is 16.1 Å². The number of nitrogens with zero attached hydrogens (tertiary/aromatic N) is 2. The van der Waals surface area contributed by atoms with E-state index in [1.165, 1.54) is 22.5 Å². The molecule has 1 N–H and O–H groups in total. The van der Waals surface area contributed by atoms with Gasteiger partial charge < -0.3 is 10.1 Å². The van der Waals surface area contributed by atoms with E-state index in [-0.39, 0.29) is 23.5 Å². The maximum absolute atomic E-state index is 12.1. The summed E-state index contributed by atoms with van der Waals surface area (Å²) in [5, 5.41) is 3.27. The van der Waals surface area contributed by atoms with E-state index in [9.17, 15) is 14.4 Å². The van der Waals surface area contributed by atoms with Crippen molar-refractivity contribution < 1.29 is 14.3 Å². The highest BCUT2D eigenvalue weighted by molar-refractivity contribution is 7.99. The van der Waals surface area contributed by atoms with Crippen LogP contribution in [0, 0.1) is 0 Å². The molecule has 1 amide bonds. The molecule has 2 rings (SSSR count). The lowest BCUT2D eigenvalue weighted by Crippen LogP contribution is -2.34. The number of carbonyl (C=O) groups is 2.